The maximum atomic E-state index is 6.04. The molecule has 0 amide bonds. The second-order valence-electron chi connectivity index (χ2n) is 3.53. The van der Waals surface area contributed by atoms with E-state index in [1.807, 2.05) is 31.2 Å². The number of nitrogens with one attached hydrogen (secondary N) is 1. The second-order valence-corrected chi connectivity index (χ2v) is 4.70. The van der Waals surface area contributed by atoms with Crippen molar-refractivity contribution in [2.45, 2.75) is 6.92 Å². The average Bonchev–Trinajstić information content (AvgIpc) is 2.29. The SMILES string of the molecule is Cc1ccccc1Nc1nc(Cl)c(Cl)cc1Cl. The van der Waals surface area contributed by atoms with Crippen molar-refractivity contribution >= 4 is 46.3 Å². The highest BCUT2D eigenvalue weighted by molar-refractivity contribution is 6.43. The molecule has 0 saturated carbocycles. The molecule has 0 saturated heterocycles. The van der Waals surface area contributed by atoms with Crippen LogP contribution in [0.15, 0.2) is 30.3 Å². The number of pyridine rings is 1. The van der Waals surface area contributed by atoms with Crippen LogP contribution in [0.4, 0.5) is 11.5 Å². The number of nitrogens with zero attached hydrogens (tertiary/aromatic N) is 1. The lowest BCUT2D eigenvalue weighted by atomic mass is 10.2. The summed E-state index contributed by atoms with van der Waals surface area (Å²) in [5.74, 6) is 0.496. The zero-order valence-corrected chi connectivity index (χ0v) is 11.2. The summed E-state index contributed by atoms with van der Waals surface area (Å²) in [6.07, 6.45) is 0. The van der Waals surface area contributed by atoms with Gasteiger partial charge in [-0.2, -0.15) is 0 Å². The van der Waals surface area contributed by atoms with Crippen molar-refractivity contribution < 1.29 is 0 Å². The molecule has 2 aromatic rings. The molecule has 0 unspecified atom stereocenters. The van der Waals surface area contributed by atoms with E-state index in [-0.39, 0.29) is 5.15 Å². The van der Waals surface area contributed by atoms with E-state index in [9.17, 15) is 0 Å². The Morgan fingerprint density at radius 3 is 2.47 bits per heavy atom. The van der Waals surface area contributed by atoms with Crippen LogP contribution in [0, 0.1) is 6.92 Å². The Balaban J connectivity index is 2.37. The zero-order valence-electron chi connectivity index (χ0n) is 8.97. The predicted molar refractivity (Wildman–Crippen MR) is 73.7 cm³/mol. The summed E-state index contributed by atoms with van der Waals surface area (Å²) in [5.41, 5.74) is 2.02. The second kappa shape index (κ2) is 5.13. The van der Waals surface area contributed by atoms with E-state index in [2.05, 4.69) is 10.3 Å². The molecule has 1 N–H and O–H groups in total. The van der Waals surface area contributed by atoms with Crippen LogP contribution in [0.3, 0.4) is 0 Å². The topological polar surface area (TPSA) is 24.9 Å². The van der Waals surface area contributed by atoms with Crippen LogP contribution >= 0.6 is 34.8 Å². The Kier molecular flexibility index (Phi) is 3.77. The summed E-state index contributed by atoms with van der Waals surface area (Å²) < 4.78 is 0. The molecule has 0 aliphatic carbocycles. The van der Waals surface area contributed by atoms with Gasteiger partial charge in [0.2, 0.25) is 0 Å². The highest BCUT2D eigenvalue weighted by atomic mass is 35.5. The van der Waals surface area contributed by atoms with Gasteiger partial charge < -0.3 is 5.32 Å². The Morgan fingerprint density at radius 2 is 1.76 bits per heavy atom. The molecule has 0 aliphatic rings. The normalized spacial score (nSPS) is 10.4. The molecule has 17 heavy (non-hydrogen) atoms. The minimum Gasteiger partial charge on any atom is -0.339 e. The van der Waals surface area contributed by atoms with E-state index >= 15 is 0 Å². The molecule has 0 radical (unpaired) electrons. The minimum absolute atomic E-state index is 0.229. The van der Waals surface area contributed by atoms with Gasteiger partial charge in [0.1, 0.15) is 5.15 Å². The fourth-order valence-electron chi connectivity index (χ4n) is 1.37. The predicted octanol–water partition coefficient (Wildman–Crippen LogP) is 5.09. The molecule has 2 nitrogen and oxygen atoms in total. The van der Waals surface area contributed by atoms with E-state index in [4.69, 9.17) is 34.8 Å². The number of para-hydroxylation sites is 1. The lowest BCUT2D eigenvalue weighted by Crippen LogP contribution is -1.97. The Labute approximate surface area is 115 Å². The van der Waals surface area contributed by atoms with Gasteiger partial charge >= 0.3 is 0 Å². The molecule has 5 heteroatoms. The number of anilines is 2. The van der Waals surface area contributed by atoms with Crippen LogP contribution in [0.25, 0.3) is 0 Å². The standard InChI is InChI=1S/C12H9Cl3N2/c1-7-4-2-3-5-10(7)16-12-9(14)6-8(13)11(15)17-12/h2-6H,1H3,(H,16,17). The largest absolute Gasteiger partial charge is 0.339 e. The van der Waals surface area contributed by atoms with Crippen LogP contribution in [0.5, 0.6) is 0 Å². The number of halogens is 3. The van der Waals surface area contributed by atoms with E-state index in [1.54, 1.807) is 6.07 Å². The molecule has 0 atom stereocenters. The third-order valence-corrected chi connectivity index (χ3v) is 3.25. The van der Waals surface area contributed by atoms with Crippen molar-refractivity contribution in [3.05, 3.63) is 51.1 Å². The van der Waals surface area contributed by atoms with Gasteiger partial charge in [-0.05, 0) is 24.6 Å². The van der Waals surface area contributed by atoms with Crippen molar-refractivity contribution in [2.24, 2.45) is 0 Å². The first-order valence-electron chi connectivity index (χ1n) is 4.92. The van der Waals surface area contributed by atoms with E-state index in [0.717, 1.165) is 11.3 Å². The molecule has 0 aliphatic heterocycles. The lowest BCUT2D eigenvalue weighted by molar-refractivity contribution is 1.30. The summed E-state index contributed by atoms with van der Waals surface area (Å²) >= 11 is 17.7. The molecule has 1 heterocycles. The van der Waals surface area contributed by atoms with Crippen LogP contribution < -0.4 is 5.32 Å². The maximum absolute atomic E-state index is 6.04. The summed E-state index contributed by atoms with van der Waals surface area (Å²) in [5, 5.41) is 4.12. The molecule has 1 aromatic carbocycles. The fourth-order valence-corrected chi connectivity index (χ4v) is 1.92. The van der Waals surface area contributed by atoms with Crippen LogP contribution in [-0.2, 0) is 0 Å². The average molecular weight is 288 g/mol. The van der Waals surface area contributed by atoms with Gasteiger partial charge in [0.25, 0.3) is 0 Å². The lowest BCUT2D eigenvalue weighted by Gasteiger charge is -2.10. The Hall–Kier alpha value is -0.960. The third-order valence-electron chi connectivity index (χ3n) is 2.28. The summed E-state index contributed by atoms with van der Waals surface area (Å²) in [6.45, 7) is 1.99. The van der Waals surface area contributed by atoms with Crippen molar-refractivity contribution in [1.82, 2.24) is 4.98 Å². The van der Waals surface area contributed by atoms with Crippen LogP contribution in [0.2, 0.25) is 15.2 Å². The summed E-state index contributed by atoms with van der Waals surface area (Å²) in [7, 11) is 0. The smallest absolute Gasteiger partial charge is 0.151 e. The third kappa shape index (κ3) is 2.83. The van der Waals surface area contributed by atoms with Crippen molar-refractivity contribution in [2.75, 3.05) is 5.32 Å². The Morgan fingerprint density at radius 1 is 1.06 bits per heavy atom. The first-order valence-corrected chi connectivity index (χ1v) is 6.05. The quantitative estimate of drug-likeness (QED) is 0.778. The van der Waals surface area contributed by atoms with E-state index in [0.29, 0.717) is 15.9 Å². The van der Waals surface area contributed by atoms with Gasteiger partial charge in [0.15, 0.2) is 5.82 Å². The monoisotopic (exact) mass is 286 g/mol. The fraction of sp³-hybridized carbons (Fsp3) is 0.0833. The molecular formula is C12H9Cl3N2. The number of aromatic nitrogens is 1. The van der Waals surface area contributed by atoms with Crippen molar-refractivity contribution in [1.29, 1.82) is 0 Å². The molecule has 1 aromatic heterocycles. The van der Waals surface area contributed by atoms with Crippen molar-refractivity contribution in [3.63, 3.8) is 0 Å². The number of hydrogen-bond acceptors (Lipinski definition) is 2. The number of hydrogen-bond donors (Lipinski definition) is 1. The number of aryl methyl sites for hydroxylation is 1. The van der Waals surface area contributed by atoms with Gasteiger partial charge in [-0.3, -0.25) is 0 Å². The molecular weight excluding hydrogens is 279 g/mol. The highest BCUT2D eigenvalue weighted by Crippen LogP contribution is 2.31. The first kappa shape index (κ1) is 12.5. The number of rotatable bonds is 2. The number of benzene rings is 1. The van der Waals surface area contributed by atoms with Gasteiger partial charge in [-0.15, -0.1) is 0 Å². The van der Waals surface area contributed by atoms with Gasteiger partial charge in [0.05, 0.1) is 10.0 Å². The first-order chi connectivity index (χ1) is 8.08. The molecule has 0 spiro atoms. The van der Waals surface area contributed by atoms with Crippen LogP contribution in [-0.4, -0.2) is 4.98 Å². The maximum Gasteiger partial charge on any atom is 0.151 e. The van der Waals surface area contributed by atoms with E-state index in [1.165, 1.54) is 0 Å². The highest BCUT2D eigenvalue weighted by Gasteiger charge is 2.08. The summed E-state index contributed by atoms with van der Waals surface area (Å²) in [6, 6.07) is 9.40. The van der Waals surface area contributed by atoms with Gasteiger partial charge in [0, 0.05) is 5.69 Å². The minimum atomic E-state index is 0.229. The molecule has 0 fully saturated rings. The molecule has 88 valence electrons. The van der Waals surface area contributed by atoms with Crippen LogP contribution in [0.1, 0.15) is 5.56 Å². The molecule has 2 rings (SSSR count). The van der Waals surface area contributed by atoms with Gasteiger partial charge in [-0.25, -0.2) is 4.98 Å². The summed E-state index contributed by atoms with van der Waals surface area (Å²) in [4.78, 5) is 4.10. The zero-order chi connectivity index (χ0) is 12.4. The van der Waals surface area contributed by atoms with Crippen molar-refractivity contribution in [3.8, 4) is 0 Å². The van der Waals surface area contributed by atoms with Gasteiger partial charge in [-0.1, -0.05) is 53.0 Å². The Bertz CT molecular complexity index is 555. The molecule has 0 bridgehead atoms. The van der Waals surface area contributed by atoms with E-state index < -0.39 is 0 Å².